The highest BCUT2D eigenvalue weighted by molar-refractivity contribution is 7.92. The van der Waals surface area contributed by atoms with Crippen LogP contribution in [0.3, 0.4) is 0 Å². The fraction of sp³-hybridized carbons (Fsp3) is 0.440. The summed E-state index contributed by atoms with van der Waals surface area (Å²) in [5, 5.41) is 3.61. The van der Waals surface area contributed by atoms with E-state index in [2.05, 4.69) is 5.32 Å². The number of nitrogens with zero attached hydrogens (tertiary/aromatic N) is 2. The first-order valence-corrected chi connectivity index (χ1v) is 13.8. The molecule has 0 spiro atoms. The van der Waals surface area contributed by atoms with E-state index in [0.29, 0.717) is 27.7 Å². The number of amides is 2. The minimum absolute atomic E-state index is 0.0566. The van der Waals surface area contributed by atoms with E-state index in [1.54, 1.807) is 49.4 Å². The summed E-state index contributed by atoms with van der Waals surface area (Å²) < 4.78 is 26.3. The van der Waals surface area contributed by atoms with Crippen molar-refractivity contribution in [3.63, 3.8) is 0 Å². The van der Waals surface area contributed by atoms with Crippen LogP contribution in [0.4, 0.5) is 5.69 Å². The second kappa shape index (κ2) is 11.6. The Kier molecular flexibility index (Phi) is 9.62. The van der Waals surface area contributed by atoms with Crippen LogP contribution in [0.2, 0.25) is 10.0 Å². The second-order valence-corrected chi connectivity index (χ2v) is 12.2. The predicted molar refractivity (Wildman–Crippen MR) is 142 cm³/mol. The molecule has 2 aromatic rings. The van der Waals surface area contributed by atoms with Gasteiger partial charge < -0.3 is 10.2 Å². The van der Waals surface area contributed by atoms with Gasteiger partial charge in [-0.15, -0.1) is 0 Å². The summed E-state index contributed by atoms with van der Waals surface area (Å²) >= 11 is 12.7. The summed E-state index contributed by atoms with van der Waals surface area (Å²) in [6.45, 7) is 8.67. The fourth-order valence-corrected chi connectivity index (χ4v) is 4.92. The van der Waals surface area contributed by atoms with Crippen molar-refractivity contribution in [2.24, 2.45) is 0 Å². The average molecular weight is 543 g/mol. The van der Waals surface area contributed by atoms with Crippen molar-refractivity contribution in [1.29, 1.82) is 0 Å². The monoisotopic (exact) mass is 541 g/mol. The first-order valence-electron chi connectivity index (χ1n) is 11.2. The second-order valence-electron chi connectivity index (χ2n) is 9.49. The summed E-state index contributed by atoms with van der Waals surface area (Å²) in [6, 6.07) is 10.9. The normalized spacial score (nSPS) is 12.7. The van der Waals surface area contributed by atoms with E-state index in [1.165, 1.54) is 4.90 Å². The SMILES string of the molecule is CCC(C(=O)NC(C)(C)C)N(Cc1c(Cl)cccc1Cl)C(=O)CN(c1ccc(C)cc1)S(C)(=O)=O. The van der Waals surface area contributed by atoms with Gasteiger partial charge in [0.2, 0.25) is 21.8 Å². The number of sulfonamides is 1. The first-order chi connectivity index (χ1) is 16.1. The lowest BCUT2D eigenvalue weighted by Gasteiger charge is -2.34. The van der Waals surface area contributed by atoms with Crippen LogP contribution in [-0.4, -0.2) is 49.5 Å². The smallest absolute Gasteiger partial charge is 0.244 e. The van der Waals surface area contributed by atoms with Crippen molar-refractivity contribution in [2.45, 2.75) is 59.2 Å². The maximum absolute atomic E-state index is 13.7. The van der Waals surface area contributed by atoms with Crippen LogP contribution in [0, 0.1) is 6.92 Å². The number of carbonyl (C=O) groups excluding carboxylic acids is 2. The Hall–Kier alpha value is -2.29. The average Bonchev–Trinajstić information content (AvgIpc) is 2.72. The van der Waals surface area contributed by atoms with Gasteiger partial charge >= 0.3 is 0 Å². The molecule has 0 saturated heterocycles. The lowest BCUT2D eigenvalue weighted by molar-refractivity contribution is -0.141. The molecule has 0 heterocycles. The summed E-state index contributed by atoms with van der Waals surface area (Å²) in [5.41, 5.74) is 1.26. The largest absolute Gasteiger partial charge is 0.350 e. The topological polar surface area (TPSA) is 86.8 Å². The molecule has 1 atom stereocenters. The lowest BCUT2D eigenvalue weighted by Crippen LogP contribution is -2.55. The van der Waals surface area contributed by atoms with Crippen LogP contribution in [0.15, 0.2) is 42.5 Å². The van der Waals surface area contributed by atoms with Crippen LogP contribution in [0.25, 0.3) is 0 Å². The van der Waals surface area contributed by atoms with Crippen molar-refractivity contribution >= 4 is 50.7 Å². The van der Waals surface area contributed by atoms with Crippen LogP contribution in [-0.2, 0) is 26.2 Å². The van der Waals surface area contributed by atoms with Crippen molar-refractivity contribution in [3.05, 3.63) is 63.6 Å². The molecule has 0 bridgehead atoms. The number of benzene rings is 2. The summed E-state index contributed by atoms with van der Waals surface area (Å²) in [4.78, 5) is 28.2. The Bertz CT molecular complexity index is 1140. The van der Waals surface area contributed by atoms with Crippen molar-refractivity contribution in [1.82, 2.24) is 10.2 Å². The van der Waals surface area contributed by atoms with E-state index in [-0.39, 0.29) is 12.5 Å². The Morgan fingerprint density at radius 3 is 2.03 bits per heavy atom. The van der Waals surface area contributed by atoms with E-state index in [4.69, 9.17) is 23.2 Å². The molecule has 0 radical (unpaired) electrons. The molecule has 35 heavy (non-hydrogen) atoms. The molecular formula is C25H33Cl2N3O4S. The standard InChI is InChI=1S/C25H33Cl2N3O4S/c1-7-22(24(32)28-25(3,4)5)29(15-19-20(26)9-8-10-21(19)27)23(31)16-30(35(6,33)34)18-13-11-17(2)12-14-18/h8-14,22H,7,15-16H2,1-6H3,(H,28,32). The minimum Gasteiger partial charge on any atom is -0.350 e. The zero-order chi connectivity index (χ0) is 26.6. The highest BCUT2D eigenvalue weighted by atomic mass is 35.5. The molecule has 0 aliphatic rings. The number of rotatable bonds is 9. The quantitative estimate of drug-likeness (QED) is 0.494. The van der Waals surface area contributed by atoms with E-state index in [1.807, 2.05) is 27.7 Å². The van der Waals surface area contributed by atoms with Crippen molar-refractivity contribution < 1.29 is 18.0 Å². The van der Waals surface area contributed by atoms with E-state index < -0.39 is 34.1 Å². The molecule has 0 aliphatic carbocycles. The van der Waals surface area contributed by atoms with Crippen LogP contribution in [0.5, 0.6) is 0 Å². The Morgan fingerprint density at radius 2 is 1.57 bits per heavy atom. The molecule has 7 nitrogen and oxygen atoms in total. The molecule has 10 heteroatoms. The Balaban J connectivity index is 2.51. The molecule has 0 aromatic heterocycles. The first kappa shape index (κ1) is 28.9. The van der Waals surface area contributed by atoms with Gasteiger partial charge in [0.15, 0.2) is 0 Å². The number of carbonyl (C=O) groups is 2. The molecule has 2 amide bonds. The van der Waals surface area contributed by atoms with Crippen LogP contribution < -0.4 is 9.62 Å². The van der Waals surface area contributed by atoms with Gasteiger partial charge in [0.05, 0.1) is 11.9 Å². The number of nitrogens with one attached hydrogen (secondary N) is 1. The maximum Gasteiger partial charge on any atom is 0.244 e. The molecule has 0 fully saturated rings. The molecule has 2 rings (SSSR count). The predicted octanol–water partition coefficient (Wildman–Crippen LogP) is 4.79. The van der Waals surface area contributed by atoms with Crippen molar-refractivity contribution in [2.75, 3.05) is 17.1 Å². The number of anilines is 1. The molecule has 0 saturated carbocycles. The van der Waals surface area contributed by atoms with Crippen molar-refractivity contribution in [3.8, 4) is 0 Å². The molecule has 2 aromatic carbocycles. The van der Waals surface area contributed by atoms with Gasteiger partial charge in [-0.05, 0) is 58.4 Å². The molecular weight excluding hydrogens is 509 g/mol. The van der Waals surface area contributed by atoms with Gasteiger partial charge in [-0.1, -0.05) is 53.9 Å². The van der Waals surface area contributed by atoms with Gasteiger partial charge in [0, 0.05) is 27.7 Å². The van der Waals surface area contributed by atoms with E-state index in [0.717, 1.165) is 16.1 Å². The van der Waals surface area contributed by atoms with Gasteiger partial charge in [0.1, 0.15) is 12.6 Å². The number of hydrogen-bond donors (Lipinski definition) is 1. The van der Waals surface area contributed by atoms with Gasteiger partial charge in [-0.25, -0.2) is 8.42 Å². The fourth-order valence-electron chi connectivity index (χ4n) is 3.55. The third-order valence-electron chi connectivity index (χ3n) is 5.28. The molecule has 192 valence electrons. The molecule has 1 unspecified atom stereocenters. The van der Waals surface area contributed by atoms with Gasteiger partial charge in [-0.2, -0.15) is 0 Å². The molecule has 1 N–H and O–H groups in total. The molecule has 0 aliphatic heterocycles. The van der Waals surface area contributed by atoms with E-state index in [9.17, 15) is 18.0 Å². The summed E-state index contributed by atoms with van der Waals surface area (Å²) in [7, 11) is -3.80. The number of hydrogen-bond acceptors (Lipinski definition) is 4. The Morgan fingerprint density at radius 1 is 1.03 bits per heavy atom. The zero-order valence-electron chi connectivity index (χ0n) is 20.9. The van der Waals surface area contributed by atoms with Gasteiger partial charge in [-0.3, -0.25) is 13.9 Å². The van der Waals surface area contributed by atoms with E-state index >= 15 is 0 Å². The third-order valence-corrected chi connectivity index (χ3v) is 7.12. The zero-order valence-corrected chi connectivity index (χ0v) is 23.3. The maximum atomic E-state index is 13.7. The van der Waals surface area contributed by atoms with Crippen LogP contribution >= 0.6 is 23.2 Å². The highest BCUT2D eigenvalue weighted by Gasteiger charge is 2.33. The number of halogens is 2. The Labute approximate surface area is 218 Å². The minimum atomic E-state index is -3.80. The third kappa shape index (κ3) is 8.12. The van der Waals surface area contributed by atoms with Gasteiger partial charge in [0.25, 0.3) is 0 Å². The lowest BCUT2D eigenvalue weighted by atomic mass is 10.1. The number of aryl methyl sites for hydroxylation is 1. The van der Waals surface area contributed by atoms with Crippen LogP contribution in [0.1, 0.15) is 45.2 Å². The highest BCUT2D eigenvalue weighted by Crippen LogP contribution is 2.28. The summed E-state index contributed by atoms with van der Waals surface area (Å²) in [6.07, 6.45) is 1.35. The summed E-state index contributed by atoms with van der Waals surface area (Å²) in [5.74, 6) is -0.902.